The summed E-state index contributed by atoms with van der Waals surface area (Å²) in [5, 5.41) is 0. The SMILES string of the molecule is CC1(N)CN(S(=O)(=O)c2ccc(F)c(F)c2)C1. The molecule has 1 aliphatic rings. The zero-order valence-corrected chi connectivity index (χ0v) is 9.97. The molecule has 2 rings (SSSR count). The molecule has 1 aromatic rings. The van der Waals surface area contributed by atoms with E-state index in [-0.39, 0.29) is 18.0 Å². The molecule has 0 amide bonds. The molecule has 0 saturated carbocycles. The van der Waals surface area contributed by atoms with Gasteiger partial charge in [-0.1, -0.05) is 0 Å². The number of nitrogens with zero attached hydrogens (tertiary/aromatic N) is 1. The zero-order chi connectivity index (χ0) is 12.8. The molecule has 0 atom stereocenters. The van der Waals surface area contributed by atoms with Gasteiger partial charge in [0.2, 0.25) is 10.0 Å². The highest BCUT2D eigenvalue weighted by Crippen LogP contribution is 2.26. The van der Waals surface area contributed by atoms with Gasteiger partial charge in [-0.3, -0.25) is 0 Å². The van der Waals surface area contributed by atoms with Crippen LogP contribution in [0.4, 0.5) is 8.78 Å². The Kier molecular flexibility index (Phi) is 2.72. The molecule has 17 heavy (non-hydrogen) atoms. The van der Waals surface area contributed by atoms with Crippen molar-refractivity contribution in [3.05, 3.63) is 29.8 Å². The van der Waals surface area contributed by atoms with Crippen LogP contribution in [0.1, 0.15) is 6.92 Å². The zero-order valence-electron chi connectivity index (χ0n) is 9.15. The summed E-state index contributed by atoms with van der Waals surface area (Å²) in [6, 6.07) is 2.51. The molecule has 0 radical (unpaired) electrons. The first-order valence-electron chi connectivity index (χ1n) is 4.96. The van der Waals surface area contributed by atoms with Crippen molar-refractivity contribution in [3.8, 4) is 0 Å². The van der Waals surface area contributed by atoms with Gasteiger partial charge in [0.05, 0.1) is 4.90 Å². The Morgan fingerprint density at radius 1 is 1.29 bits per heavy atom. The molecule has 0 aliphatic carbocycles. The van der Waals surface area contributed by atoms with Gasteiger partial charge in [0.15, 0.2) is 11.6 Å². The number of hydrogen-bond acceptors (Lipinski definition) is 3. The van der Waals surface area contributed by atoms with Gasteiger partial charge in [-0.05, 0) is 25.1 Å². The lowest BCUT2D eigenvalue weighted by atomic mass is 9.97. The highest BCUT2D eigenvalue weighted by Gasteiger charge is 2.42. The van der Waals surface area contributed by atoms with Crippen molar-refractivity contribution in [3.63, 3.8) is 0 Å². The van der Waals surface area contributed by atoms with Crippen LogP contribution >= 0.6 is 0 Å². The van der Waals surface area contributed by atoms with Crippen LogP contribution in [-0.2, 0) is 10.0 Å². The van der Waals surface area contributed by atoms with Gasteiger partial charge in [-0.15, -0.1) is 0 Å². The first-order chi connectivity index (χ1) is 7.72. The molecular weight excluding hydrogens is 250 g/mol. The third-order valence-electron chi connectivity index (χ3n) is 2.60. The van der Waals surface area contributed by atoms with Crippen molar-refractivity contribution in [2.45, 2.75) is 17.4 Å². The Hall–Kier alpha value is -1.05. The van der Waals surface area contributed by atoms with E-state index in [2.05, 4.69) is 0 Å². The highest BCUT2D eigenvalue weighted by molar-refractivity contribution is 7.89. The number of rotatable bonds is 2. The van der Waals surface area contributed by atoms with E-state index in [1.165, 1.54) is 0 Å². The van der Waals surface area contributed by atoms with Crippen LogP contribution in [0.25, 0.3) is 0 Å². The van der Waals surface area contributed by atoms with Crippen molar-refractivity contribution in [1.82, 2.24) is 4.31 Å². The minimum atomic E-state index is -3.77. The molecule has 4 nitrogen and oxygen atoms in total. The summed E-state index contributed by atoms with van der Waals surface area (Å²) in [6.45, 7) is 2.08. The molecule has 7 heteroatoms. The maximum absolute atomic E-state index is 13.0. The first kappa shape index (κ1) is 12.4. The van der Waals surface area contributed by atoms with Crippen molar-refractivity contribution < 1.29 is 17.2 Å². The molecule has 0 spiro atoms. The average Bonchev–Trinajstić information content (AvgIpc) is 2.18. The molecule has 1 heterocycles. The lowest BCUT2D eigenvalue weighted by Crippen LogP contribution is -2.66. The van der Waals surface area contributed by atoms with Crippen LogP contribution in [0.5, 0.6) is 0 Å². The molecule has 1 saturated heterocycles. The molecule has 0 bridgehead atoms. The third-order valence-corrected chi connectivity index (χ3v) is 4.39. The maximum Gasteiger partial charge on any atom is 0.243 e. The van der Waals surface area contributed by atoms with E-state index in [0.29, 0.717) is 6.07 Å². The van der Waals surface area contributed by atoms with E-state index >= 15 is 0 Å². The van der Waals surface area contributed by atoms with Crippen molar-refractivity contribution in [2.75, 3.05) is 13.1 Å². The molecular formula is C10H12F2N2O2S. The van der Waals surface area contributed by atoms with E-state index < -0.39 is 27.2 Å². The van der Waals surface area contributed by atoms with Crippen LogP contribution in [0.15, 0.2) is 23.1 Å². The van der Waals surface area contributed by atoms with Crippen molar-refractivity contribution in [2.24, 2.45) is 5.73 Å². The summed E-state index contributed by atoms with van der Waals surface area (Å²) in [4.78, 5) is -0.257. The van der Waals surface area contributed by atoms with Crippen molar-refractivity contribution in [1.29, 1.82) is 0 Å². The summed E-state index contributed by atoms with van der Waals surface area (Å²) in [5.74, 6) is -2.25. The Morgan fingerprint density at radius 2 is 1.88 bits per heavy atom. The molecule has 1 aliphatic heterocycles. The van der Waals surface area contributed by atoms with Gasteiger partial charge in [0, 0.05) is 18.6 Å². The Balaban J connectivity index is 2.30. The van der Waals surface area contributed by atoms with Crippen LogP contribution < -0.4 is 5.73 Å². The topological polar surface area (TPSA) is 63.4 Å². The first-order valence-corrected chi connectivity index (χ1v) is 6.40. The van der Waals surface area contributed by atoms with E-state index in [0.717, 1.165) is 16.4 Å². The summed E-state index contributed by atoms with van der Waals surface area (Å²) >= 11 is 0. The molecule has 0 unspecified atom stereocenters. The summed E-state index contributed by atoms with van der Waals surface area (Å²) in [6.07, 6.45) is 0. The molecule has 1 fully saturated rings. The summed E-state index contributed by atoms with van der Waals surface area (Å²) in [5.41, 5.74) is 5.15. The number of benzene rings is 1. The van der Waals surface area contributed by atoms with E-state index in [1.807, 2.05) is 0 Å². The second kappa shape index (κ2) is 3.72. The van der Waals surface area contributed by atoms with Crippen molar-refractivity contribution >= 4 is 10.0 Å². The lowest BCUT2D eigenvalue weighted by Gasteiger charge is -2.44. The minimum Gasteiger partial charge on any atom is -0.323 e. The smallest absolute Gasteiger partial charge is 0.243 e. The Bertz CT molecular complexity index is 549. The Morgan fingerprint density at radius 3 is 2.35 bits per heavy atom. The minimum absolute atomic E-state index is 0.175. The largest absolute Gasteiger partial charge is 0.323 e. The fourth-order valence-electron chi connectivity index (χ4n) is 1.72. The predicted octanol–water partition coefficient (Wildman–Crippen LogP) is 0.686. The average molecular weight is 262 g/mol. The van der Waals surface area contributed by atoms with Gasteiger partial charge in [-0.25, -0.2) is 17.2 Å². The Labute approximate surface area is 98.1 Å². The highest BCUT2D eigenvalue weighted by atomic mass is 32.2. The standard InChI is InChI=1S/C10H12F2N2O2S/c1-10(13)5-14(6-10)17(15,16)7-2-3-8(11)9(12)4-7/h2-4H,5-6,13H2,1H3. The predicted molar refractivity (Wildman–Crippen MR) is 57.7 cm³/mol. The summed E-state index contributed by atoms with van der Waals surface area (Å²) < 4.78 is 50.7. The molecule has 1 aromatic carbocycles. The molecule has 94 valence electrons. The second-order valence-electron chi connectivity index (χ2n) is 4.50. The molecule has 2 N–H and O–H groups in total. The van der Waals surface area contributed by atoms with Gasteiger partial charge in [0.1, 0.15) is 0 Å². The second-order valence-corrected chi connectivity index (χ2v) is 6.44. The number of sulfonamides is 1. The summed E-state index contributed by atoms with van der Waals surface area (Å²) in [7, 11) is -3.77. The van der Waals surface area contributed by atoms with Gasteiger partial charge in [0.25, 0.3) is 0 Å². The number of hydrogen-bond donors (Lipinski definition) is 1. The number of nitrogens with two attached hydrogens (primary N) is 1. The maximum atomic E-state index is 13.0. The van der Waals surface area contributed by atoms with Crippen LogP contribution in [0.2, 0.25) is 0 Å². The van der Waals surface area contributed by atoms with Gasteiger partial charge >= 0.3 is 0 Å². The van der Waals surface area contributed by atoms with Crippen LogP contribution in [0.3, 0.4) is 0 Å². The monoisotopic (exact) mass is 262 g/mol. The fraction of sp³-hybridized carbons (Fsp3) is 0.400. The third kappa shape index (κ3) is 2.18. The quantitative estimate of drug-likeness (QED) is 0.852. The van der Waals surface area contributed by atoms with E-state index in [9.17, 15) is 17.2 Å². The fourth-order valence-corrected chi connectivity index (χ4v) is 3.44. The number of halogens is 2. The van der Waals surface area contributed by atoms with Crippen LogP contribution in [0, 0.1) is 11.6 Å². The molecule has 0 aromatic heterocycles. The van der Waals surface area contributed by atoms with Crippen LogP contribution in [-0.4, -0.2) is 31.4 Å². The lowest BCUT2D eigenvalue weighted by molar-refractivity contribution is 0.176. The van der Waals surface area contributed by atoms with E-state index in [1.54, 1.807) is 6.92 Å². The normalized spacial score (nSPS) is 20.0. The van der Waals surface area contributed by atoms with Gasteiger partial charge < -0.3 is 5.73 Å². The van der Waals surface area contributed by atoms with Gasteiger partial charge in [-0.2, -0.15) is 4.31 Å². The van der Waals surface area contributed by atoms with E-state index in [4.69, 9.17) is 5.73 Å².